The lowest BCUT2D eigenvalue weighted by Crippen LogP contribution is -2.42. The molecule has 1 heterocycles. The van der Waals surface area contributed by atoms with Crippen molar-refractivity contribution < 1.29 is 18.0 Å². The Morgan fingerprint density at radius 3 is 2.17 bits per heavy atom. The molecule has 3 aromatic rings. The molecule has 30 heavy (non-hydrogen) atoms. The zero-order valence-corrected chi connectivity index (χ0v) is 17.0. The van der Waals surface area contributed by atoms with E-state index in [1.54, 1.807) is 31.2 Å². The van der Waals surface area contributed by atoms with E-state index in [1.165, 1.54) is 36.0 Å². The molecule has 0 fully saturated rings. The van der Waals surface area contributed by atoms with Crippen LogP contribution in [-0.4, -0.2) is 37.1 Å². The molecule has 0 unspecified atom stereocenters. The summed E-state index contributed by atoms with van der Waals surface area (Å²) >= 11 is 0. The first-order valence-electron chi connectivity index (χ1n) is 8.92. The van der Waals surface area contributed by atoms with E-state index < -0.39 is 21.8 Å². The normalized spacial score (nSPS) is 11.3. The fraction of sp³-hybridized carbons (Fsp3) is 0.158. The molecule has 0 spiro atoms. The molecule has 0 aliphatic heterocycles. The van der Waals surface area contributed by atoms with E-state index in [9.17, 15) is 22.8 Å². The Kier molecular flexibility index (Phi) is 5.94. The number of aryl methyl sites for hydroxylation is 1. The molecule has 156 valence electrons. The van der Waals surface area contributed by atoms with Crippen LogP contribution in [0.2, 0.25) is 0 Å². The highest BCUT2D eigenvalue weighted by Gasteiger charge is 2.17. The zero-order chi connectivity index (χ0) is 21.9. The van der Waals surface area contributed by atoms with Crippen LogP contribution in [0.5, 0.6) is 0 Å². The Morgan fingerprint density at radius 2 is 1.57 bits per heavy atom. The number of aromatic nitrogens is 2. The van der Waals surface area contributed by atoms with Crippen molar-refractivity contribution in [2.75, 3.05) is 7.05 Å². The summed E-state index contributed by atoms with van der Waals surface area (Å²) in [6, 6.07) is 11.7. The van der Waals surface area contributed by atoms with Gasteiger partial charge in [0.15, 0.2) is 5.69 Å². The third-order valence-corrected chi connectivity index (χ3v) is 5.80. The molecule has 0 saturated heterocycles. The van der Waals surface area contributed by atoms with Crippen molar-refractivity contribution in [2.24, 2.45) is 0 Å². The van der Waals surface area contributed by atoms with E-state index in [0.717, 1.165) is 0 Å². The van der Waals surface area contributed by atoms with E-state index in [1.807, 2.05) is 0 Å². The number of benzene rings is 2. The molecular weight excluding hydrogens is 410 g/mol. The molecule has 0 saturated carbocycles. The van der Waals surface area contributed by atoms with Crippen molar-refractivity contribution >= 4 is 32.6 Å². The number of nitrogens with one attached hydrogen (secondary N) is 3. The smallest absolute Gasteiger partial charge is 0.267 e. The second-order valence-corrected chi connectivity index (χ2v) is 8.04. The molecule has 2 aromatic carbocycles. The van der Waals surface area contributed by atoms with Gasteiger partial charge in [-0.2, -0.15) is 5.10 Å². The van der Waals surface area contributed by atoms with E-state index in [0.29, 0.717) is 10.8 Å². The molecule has 2 amide bonds. The predicted octanol–water partition coefficient (Wildman–Crippen LogP) is 0.399. The van der Waals surface area contributed by atoms with Crippen molar-refractivity contribution in [3.05, 3.63) is 70.1 Å². The minimum absolute atomic E-state index is 0.00285. The number of hydrogen-bond acceptors (Lipinski definition) is 6. The van der Waals surface area contributed by atoms with E-state index in [4.69, 9.17) is 0 Å². The minimum Gasteiger partial charge on any atom is -0.267 e. The van der Waals surface area contributed by atoms with Crippen LogP contribution in [0.3, 0.4) is 0 Å². The first-order chi connectivity index (χ1) is 14.3. The van der Waals surface area contributed by atoms with Crippen LogP contribution >= 0.6 is 0 Å². The largest absolute Gasteiger partial charge is 0.290 e. The van der Waals surface area contributed by atoms with Crippen LogP contribution in [-0.2, 0) is 16.6 Å². The molecule has 10 nitrogen and oxygen atoms in total. The number of fused-ring (bicyclic) bond motifs is 1. The maximum absolute atomic E-state index is 12.6. The first kappa shape index (κ1) is 21.1. The van der Waals surface area contributed by atoms with Crippen LogP contribution in [0.25, 0.3) is 10.8 Å². The molecule has 11 heteroatoms. The van der Waals surface area contributed by atoms with Gasteiger partial charge < -0.3 is 0 Å². The van der Waals surface area contributed by atoms with E-state index >= 15 is 0 Å². The summed E-state index contributed by atoms with van der Waals surface area (Å²) in [5, 5.41) is 4.79. The van der Waals surface area contributed by atoms with Crippen molar-refractivity contribution in [3.63, 3.8) is 0 Å². The molecule has 0 aliphatic carbocycles. The van der Waals surface area contributed by atoms with Gasteiger partial charge in [0.1, 0.15) is 0 Å². The summed E-state index contributed by atoms with van der Waals surface area (Å²) in [6.07, 6.45) is 0. The summed E-state index contributed by atoms with van der Waals surface area (Å²) in [6.45, 7) is 2.00. The van der Waals surface area contributed by atoms with Gasteiger partial charge in [0.05, 0.1) is 10.3 Å². The summed E-state index contributed by atoms with van der Waals surface area (Å²) in [5.74, 6) is -1.35. The van der Waals surface area contributed by atoms with Gasteiger partial charge in [-0.1, -0.05) is 18.2 Å². The molecule has 0 aliphatic rings. The number of carbonyl (C=O) groups excluding carboxylic acids is 2. The third kappa shape index (κ3) is 4.07. The highest BCUT2D eigenvalue weighted by Crippen LogP contribution is 2.13. The summed E-state index contributed by atoms with van der Waals surface area (Å²) in [4.78, 5) is 37.3. The summed E-state index contributed by atoms with van der Waals surface area (Å²) < 4.78 is 26.8. The van der Waals surface area contributed by atoms with E-state index in [-0.39, 0.29) is 28.3 Å². The van der Waals surface area contributed by atoms with Gasteiger partial charge in [0.2, 0.25) is 10.0 Å². The second kappa shape index (κ2) is 8.43. The Balaban J connectivity index is 1.80. The topological polar surface area (TPSA) is 139 Å². The molecule has 0 bridgehead atoms. The number of carbonyl (C=O) groups is 2. The zero-order valence-electron chi connectivity index (χ0n) is 16.2. The lowest BCUT2D eigenvalue weighted by atomic mass is 10.1. The maximum atomic E-state index is 12.6. The Hall–Kier alpha value is -3.57. The molecular formula is C19H19N5O5S. The van der Waals surface area contributed by atoms with Gasteiger partial charge >= 0.3 is 0 Å². The van der Waals surface area contributed by atoms with Gasteiger partial charge in [0, 0.05) is 17.5 Å². The van der Waals surface area contributed by atoms with Crippen molar-refractivity contribution in [1.29, 1.82) is 0 Å². The quantitative estimate of drug-likeness (QED) is 0.502. The molecule has 3 N–H and O–H groups in total. The van der Waals surface area contributed by atoms with Crippen LogP contribution in [0.4, 0.5) is 0 Å². The van der Waals surface area contributed by atoms with Gasteiger partial charge in [-0.25, -0.2) is 17.8 Å². The first-order valence-corrected chi connectivity index (χ1v) is 10.4. The number of hydrazine groups is 1. The van der Waals surface area contributed by atoms with Crippen LogP contribution in [0.1, 0.15) is 27.8 Å². The van der Waals surface area contributed by atoms with Crippen LogP contribution < -0.4 is 21.1 Å². The number of hydrogen-bond donors (Lipinski definition) is 3. The van der Waals surface area contributed by atoms with Crippen molar-refractivity contribution in [2.45, 2.75) is 18.4 Å². The molecule has 0 radical (unpaired) electrons. The predicted molar refractivity (Wildman–Crippen MR) is 109 cm³/mol. The Morgan fingerprint density at radius 1 is 0.967 bits per heavy atom. The van der Waals surface area contributed by atoms with Crippen molar-refractivity contribution in [3.8, 4) is 0 Å². The monoisotopic (exact) mass is 429 g/mol. The van der Waals surface area contributed by atoms with Crippen LogP contribution in [0.15, 0.2) is 58.2 Å². The second-order valence-electron chi connectivity index (χ2n) is 6.16. The molecule has 3 rings (SSSR count). The number of amides is 2. The lowest BCUT2D eigenvalue weighted by molar-refractivity contribution is 0.0843. The third-order valence-electron chi connectivity index (χ3n) is 4.37. The van der Waals surface area contributed by atoms with Crippen molar-refractivity contribution in [1.82, 2.24) is 25.4 Å². The highest BCUT2D eigenvalue weighted by atomic mass is 32.2. The summed E-state index contributed by atoms with van der Waals surface area (Å²) in [5.41, 5.74) is 4.34. The standard InChI is InChI=1S/C19H19N5O5S/c1-3-24-19(27)15-7-5-4-6-14(15)16(23-24)18(26)22-21-17(25)12-8-10-13(11-9-12)30(28,29)20-2/h4-11,20H,3H2,1-2H3,(H,21,25)(H,22,26). The van der Waals surface area contributed by atoms with Gasteiger partial charge in [-0.15, -0.1) is 0 Å². The fourth-order valence-corrected chi connectivity index (χ4v) is 3.50. The molecule has 0 atom stereocenters. The number of sulfonamides is 1. The van der Waals surface area contributed by atoms with E-state index in [2.05, 4.69) is 20.7 Å². The van der Waals surface area contributed by atoms with Gasteiger partial charge in [0.25, 0.3) is 17.4 Å². The van der Waals surface area contributed by atoms with Gasteiger partial charge in [-0.3, -0.25) is 25.2 Å². The Bertz CT molecular complexity index is 1280. The van der Waals surface area contributed by atoms with Crippen LogP contribution in [0, 0.1) is 0 Å². The summed E-state index contributed by atoms with van der Waals surface area (Å²) in [7, 11) is -2.34. The molecule has 1 aromatic heterocycles. The number of rotatable bonds is 5. The average Bonchev–Trinajstić information content (AvgIpc) is 2.77. The van der Waals surface area contributed by atoms with Gasteiger partial charge in [-0.05, 0) is 44.3 Å². The average molecular weight is 429 g/mol. The minimum atomic E-state index is -3.62. The maximum Gasteiger partial charge on any atom is 0.290 e. The fourth-order valence-electron chi connectivity index (χ4n) is 2.77. The number of nitrogens with zero attached hydrogens (tertiary/aromatic N) is 2. The highest BCUT2D eigenvalue weighted by molar-refractivity contribution is 7.89. The Labute approximate surface area is 171 Å². The lowest BCUT2D eigenvalue weighted by Gasteiger charge is -2.11. The SMILES string of the molecule is CCn1nc(C(=O)NNC(=O)c2ccc(S(=O)(=O)NC)cc2)c2ccccc2c1=O.